The Morgan fingerprint density at radius 3 is 2.44 bits per heavy atom. The van der Waals surface area contributed by atoms with Gasteiger partial charge in [-0.05, 0) is 18.2 Å². The number of nitrogen functional groups attached to an aromatic ring is 1. The molecule has 0 bridgehead atoms. The van der Waals surface area contributed by atoms with Crippen LogP contribution in [-0.4, -0.2) is 43.8 Å². The highest BCUT2D eigenvalue weighted by molar-refractivity contribution is 9.10. The molecule has 0 spiro atoms. The molecule has 0 saturated carbocycles. The Balaban J connectivity index is 2.17. The normalized spacial score (nSPS) is 18.6. The monoisotopic (exact) mass is 332 g/mol. The summed E-state index contributed by atoms with van der Waals surface area (Å²) in [5, 5.41) is 0. The van der Waals surface area contributed by atoms with Gasteiger partial charge in [0.1, 0.15) is 0 Å². The molecule has 1 aliphatic heterocycles. The molecule has 1 aromatic rings. The zero-order valence-corrected chi connectivity index (χ0v) is 12.0. The summed E-state index contributed by atoms with van der Waals surface area (Å²) in [7, 11) is -2.98. The van der Waals surface area contributed by atoms with Gasteiger partial charge in [-0.25, -0.2) is 8.42 Å². The second-order valence-electron chi connectivity index (χ2n) is 4.18. The summed E-state index contributed by atoms with van der Waals surface area (Å²) in [6.07, 6.45) is 0. The average molecular weight is 333 g/mol. The second kappa shape index (κ2) is 4.89. The standard InChI is InChI=1S/C11H13BrN2O3S/c12-8-1-2-9(10(13)7-8)11(15)14-3-5-18(16,17)6-4-14/h1-2,7H,3-6,13H2. The topological polar surface area (TPSA) is 80.5 Å². The van der Waals surface area contributed by atoms with E-state index in [2.05, 4.69) is 15.9 Å². The van der Waals surface area contributed by atoms with Gasteiger partial charge in [0.25, 0.3) is 5.91 Å². The molecular formula is C11H13BrN2O3S. The van der Waals surface area contributed by atoms with E-state index >= 15 is 0 Å². The van der Waals surface area contributed by atoms with Crippen molar-refractivity contribution in [3.63, 3.8) is 0 Å². The van der Waals surface area contributed by atoms with Gasteiger partial charge < -0.3 is 10.6 Å². The number of benzene rings is 1. The van der Waals surface area contributed by atoms with Crippen molar-refractivity contribution in [2.75, 3.05) is 30.3 Å². The molecule has 7 heteroatoms. The van der Waals surface area contributed by atoms with E-state index in [0.717, 1.165) is 4.47 Å². The van der Waals surface area contributed by atoms with Gasteiger partial charge in [-0.15, -0.1) is 0 Å². The number of nitrogens with two attached hydrogens (primary N) is 1. The van der Waals surface area contributed by atoms with Crippen molar-refractivity contribution in [2.24, 2.45) is 0 Å². The molecule has 0 atom stereocenters. The zero-order valence-electron chi connectivity index (χ0n) is 9.60. The minimum absolute atomic E-state index is 0.0230. The highest BCUT2D eigenvalue weighted by atomic mass is 79.9. The number of carbonyl (C=O) groups excluding carboxylic acids is 1. The van der Waals surface area contributed by atoms with E-state index in [4.69, 9.17) is 5.73 Å². The maximum atomic E-state index is 12.2. The molecule has 5 nitrogen and oxygen atoms in total. The first-order valence-electron chi connectivity index (χ1n) is 5.44. The van der Waals surface area contributed by atoms with Crippen molar-refractivity contribution >= 4 is 37.4 Å². The van der Waals surface area contributed by atoms with Crippen LogP contribution in [0.15, 0.2) is 22.7 Å². The number of anilines is 1. The Kier molecular flexibility index (Phi) is 3.63. The van der Waals surface area contributed by atoms with Crippen LogP contribution in [-0.2, 0) is 9.84 Å². The molecule has 1 aromatic carbocycles. The van der Waals surface area contributed by atoms with Gasteiger partial charge in [0.15, 0.2) is 9.84 Å². The quantitative estimate of drug-likeness (QED) is 0.775. The number of carbonyl (C=O) groups is 1. The van der Waals surface area contributed by atoms with E-state index in [-0.39, 0.29) is 30.5 Å². The third-order valence-corrected chi connectivity index (χ3v) is 4.98. The Hall–Kier alpha value is -1.08. The van der Waals surface area contributed by atoms with Crippen LogP contribution in [0.4, 0.5) is 5.69 Å². The first kappa shape index (κ1) is 13.4. The second-order valence-corrected chi connectivity index (χ2v) is 7.39. The lowest BCUT2D eigenvalue weighted by Crippen LogP contribution is -2.43. The van der Waals surface area contributed by atoms with Crippen LogP contribution in [0.25, 0.3) is 0 Å². The first-order valence-corrected chi connectivity index (χ1v) is 8.05. The van der Waals surface area contributed by atoms with Crippen LogP contribution in [0.3, 0.4) is 0 Å². The molecule has 2 N–H and O–H groups in total. The average Bonchev–Trinajstić information content (AvgIpc) is 2.28. The lowest BCUT2D eigenvalue weighted by molar-refractivity contribution is 0.0771. The van der Waals surface area contributed by atoms with Gasteiger partial charge in [-0.1, -0.05) is 15.9 Å². The van der Waals surface area contributed by atoms with Crippen molar-refractivity contribution in [1.29, 1.82) is 0 Å². The molecule has 0 aromatic heterocycles. The first-order chi connectivity index (χ1) is 8.39. The molecule has 1 saturated heterocycles. The smallest absolute Gasteiger partial charge is 0.256 e. The van der Waals surface area contributed by atoms with Crippen LogP contribution in [0.2, 0.25) is 0 Å². The number of halogens is 1. The predicted octanol–water partition coefficient (Wildman–Crippen LogP) is 0.902. The lowest BCUT2D eigenvalue weighted by Gasteiger charge is -2.27. The molecule has 98 valence electrons. The molecule has 0 aliphatic carbocycles. The highest BCUT2D eigenvalue weighted by Gasteiger charge is 2.26. The number of hydrogen-bond acceptors (Lipinski definition) is 4. The molecule has 1 aliphatic rings. The minimum atomic E-state index is -2.98. The predicted molar refractivity (Wildman–Crippen MR) is 73.1 cm³/mol. The molecule has 0 unspecified atom stereocenters. The van der Waals surface area contributed by atoms with Crippen molar-refractivity contribution in [3.05, 3.63) is 28.2 Å². The van der Waals surface area contributed by atoms with Gasteiger partial charge in [-0.3, -0.25) is 4.79 Å². The fourth-order valence-electron chi connectivity index (χ4n) is 1.81. The number of rotatable bonds is 1. The van der Waals surface area contributed by atoms with E-state index in [1.54, 1.807) is 18.2 Å². The molecule has 1 amide bonds. The molecule has 18 heavy (non-hydrogen) atoms. The summed E-state index contributed by atoms with van der Waals surface area (Å²) < 4.78 is 23.4. The minimum Gasteiger partial charge on any atom is -0.398 e. The van der Waals surface area contributed by atoms with Crippen molar-refractivity contribution in [3.8, 4) is 0 Å². The van der Waals surface area contributed by atoms with Gasteiger partial charge in [0, 0.05) is 23.2 Å². The van der Waals surface area contributed by atoms with Gasteiger partial charge >= 0.3 is 0 Å². The molecule has 1 heterocycles. The van der Waals surface area contributed by atoms with Crippen LogP contribution < -0.4 is 5.73 Å². The van der Waals surface area contributed by atoms with Crippen LogP contribution in [0.5, 0.6) is 0 Å². The third kappa shape index (κ3) is 2.84. The van der Waals surface area contributed by atoms with Gasteiger partial charge in [0.05, 0.1) is 17.1 Å². The maximum absolute atomic E-state index is 12.2. The van der Waals surface area contributed by atoms with Crippen molar-refractivity contribution in [2.45, 2.75) is 0 Å². The Morgan fingerprint density at radius 1 is 1.28 bits per heavy atom. The summed E-state index contributed by atoms with van der Waals surface area (Å²) in [5.74, 6) is -0.167. The fourth-order valence-corrected chi connectivity index (χ4v) is 3.39. The zero-order chi connectivity index (χ0) is 13.3. The van der Waals surface area contributed by atoms with Crippen LogP contribution >= 0.6 is 15.9 Å². The van der Waals surface area contributed by atoms with Gasteiger partial charge in [-0.2, -0.15) is 0 Å². The van der Waals surface area contributed by atoms with E-state index in [1.807, 2.05) is 0 Å². The summed E-state index contributed by atoms with van der Waals surface area (Å²) in [5.41, 5.74) is 6.59. The molecular weight excluding hydrogens is 320 g/mol. The van der Waals surface area contributed by atoms with Crippen LogP contribution in [0.1, 0.15) is 10.4 Å². The largest absolute Gasteiger partial charge is 0.398 e. The van der Waals surface area contributed by atoms with E-state index < -0.39 is 9.84 Å². The maximum Gasteiger partial charge on any atom is 0.256 e. The van der Waals surface area contributed by atoms with E-state index in [0.29, 0.717) is 11.3 Å². The highest BCUT2D eigenvalue weighted by Crippen LogP contribution is 2.20. The molecule has 2 rings (SSSR count). The summed E-state index contributed by atoms with van der Waals surface area (Å²) in [4.78, 5) is 13.7. The number of amides is 1. The summed E-state index contributed by atoms with van der Waals surface area (Å²) >= 11 is 3.27. The third-order valence-electron chi connectivity index (χ3n) is 2.88. The molecule has 1 fully saturated rings. The summed E-state index contributed by atoms with van der Waals surface area (Å²) in [6, 6.07) is 5.04. The van der Waals surface area contributed by atoms with Gasteiger partial charge in [0.2, 0.25) is 0 Å². The van der Waals surface area contributed by atoms with E-state index in [9.17, 15) is 13.2 Å². The Labute approximate surface area is 114 Å². The lowest BCUT2D eigenvalue weighted by atomic mass is 10.1. The SMILES string of the molecule is Nc1cc(Br)ccc1C(=O)N1CCS(=O)(=O)CC1. The number of nitrogens with zero attached hydrogens (tertiary/aromatic N) is 1. The Bertz CT molecular complexity index is 572. The Morgan fingerprint density at radius 2 is 1.89 bits per heavy atom. The number of hydrogen-bond donors (Lipinski definition) is 1. The fraction of sp³-hybridized carbons (Fsp3) is 0.364. The van der Waals surface area contributed by atoms with Crippen molar-refractivity contribution < 1.29 is 13.2 Å². The number of sulfone groups is 1. The van der Waals surface area contributed by atoms with Crippen LogP contribution in [0, 0.1) is 0 Å². The van der Waals surface area contributed by atoms with Crippen molar-refractivity contribution in [1.82, 2.24) is 4.90 Å². The van der Waals surface area contributed by atoms with E-state index in [1.165, 1.54) is 4.90 Å². The summed E-state index contributed by atoms with van der Waals surface area (Å²) in [6.45, 7) is 0.466. The molecule has 0 radical (unpaired) electrons.